The summed E-state index contributed by atoms with van der Waals surface area (Å²) in [6, 6.07) is 82.2. The van der Waals surface area contributed by atoms with Gasteiger partial charge < -0.3 is 9.47 Å². The van der Waals surface area contributed by atoms with Crippen LogP contribution < -0.4 is 4.90 Å². The fourth-order valence-corrected chi connectivity index (χ4v) is 12.3. The zero-order chi connectivity index (χ0) is 42.3. The van der Waals surface area contributed by atoms with Crippen LogP contribution in [0.3, 0.4) is 0 Å². The molecule has 3 aliphatic rings. The van der Waals surface area contributed by atoms with Gasteiger partial charge in [-0.15, -0.1) is 0 Å². The van der Waals surface area contributed by atoms with E-state index in [9.17, 15) is 0 Å². The summed E-state index contributed by atoms with van der Waals surface area (Å²) in [5.41, 5.74) is 22.2. The number of nitrogens with zero attached hydrogens (tertiary/aromatic N) is 2. The number of fused-ring (bicyclic) bond motifs is 15. The third kappa shape index (κ3) is 4.54. The summed E-state index contributed by atoms with van der Waals surface area (Å²) in [5.74, 6) is 0. The summed E-state index contributed by atoms with van der Waals surface area (Å²) < 4.78 is 2.43. The Balaban J connectivity index is 1.08. The van der Waals surface area contributed by atoms with Crippen LogP contribution in [0, 0.1) is 0 Å². The van der Waals surface area contributed by atoms with E-state index in [0.717, 1.165) is 22.7 Å². The molecule has 0 unspecified atom stereocenters. The first kappa shape index (κ1) is 35.6. The third-order valence-electron chi connectivity index (χ3n) is 15.0. The van der Waals surface area contributed by atoms with E-state index in [4.69, 9.17) is 0 Å². The van der Waals surface area contributed by atoms with Gasteiger partial charge in [0.2, 0.25) is 0 Å². The van der Waals surface area contributed by atoms with Crippen molar-refractivity contribution in [2.45, 2.75) is 24.7 Å². The van der Waals surface area contributed by atoms with Crippen molar-refractivity contribution in [3.05, 3.63) is 252 Å². The van der Waals surface area contributed by atoms with Crippen LogP contribution in [0.5, 0.6) is 0 Å². The van der Waals surface area contributed by atoms with E-state index in [1.165, 1.54) is 99.3 Å². The highest BCUT2D eigenvalue weighted by molar-refractivity contribution is 6.11. The van der Waals surface area contributed by atoms with Crippen LogP contribution in [0.25, 0.3) is 71.6 Å². The van der Waals surface area contributed by atoms with Crippen molar-refractivity contribution in [3.63, 3.8) is 0 Å². The molecule has 0 aliphatic heterocycles. The molecule has 0 saturated carbocycles. The summed E-state index contributed by atoms with van der Waals surface area (Å²) in [7, 11) is 0. The van der Waals surface area contributed by atoms with Gasteiger partial charge in [-0.2, -0.15) is 0 Å². The first-order valence-electron chi connectivity index (χ1n) is 22.5. The van der Waals surface area contributed by atoms with E-state index in [2.05, 4.69) is 242 Å². The topological polar surface area (TPSA) is 8.17 Å². The van der Waals surface area contributed by atoms with Gasteiger partial charge >= 0.3 is 0 Å². The first-order chi connectivity index (χ1) is 31.5. The molecule has 0 amide bonds. The molecule has 300 valence electrons. The maximum atomic E-state index is 2.53. The molecular formula is C62H42N2. The van der Waals surface area contributed by atoms with Crippen molar-refractivity contribution < 1.29 is 0 Å². The highest BCUT2D eigenvalue weighted by atomic mass is 15.1. The largest absolute Gasteiger partial charge is 0.310 e. The number of hydrogen-bond donors (Lipinski definition) is 0. The highest BCUT2D eigenvalue weighted by Crippen LogP contribution is 2.62. The number of anilines is 3. The van der Waals surface area contributed by atoms with E-state index >= 15 is 0 Å². The molecule has 0 radical (unpaired) electrons. The second kappa shape index (κ2) is 12.8. The Kier molecular flexibility index (Phi) is 7.13. The summed E-state index contributed by atoms with van der Waals surface area (Å²) in [6.45, 7) is 4.73. The quantitative estimate of drug-likeness (QED) is 0.172. The maximum absolute atomic E-state index is 2.53. The van der Waals surface area contributed by atoms with Gasteiger partial charge in [-0.25, -0.2) is 0 Å². The van der Waals surface area contributed by atoms with Gasteiger partial charge in [0.15, 0.2) is 0 Å². The predicted octanol–water partition coefficient (Wildman–Crippen LogP) is 16.1. The summed E-state index contributed by atoms with van der Waals surface area (Å²) >= 11 is 0. The molecule has 64 heavy (non-hydrogen) atoms. The van der Waals surface area contributed by atoms with E-state index in [-0.39, 0.29) is 5.41 Å². The molecule has 11 aromatic rings. The minimum atomic E-state index is -0.525. The van der Waals surface area contributed by atoms with Crippen molar-refractivity contribution in [2.24, 2.45) is 0 Å². The molecule has 3 aliphatic carbocycles. The minimum absolute atomic E-state index is 0.0965. The van der Waals surface area contributed by atoms with Crippen LogP contribution >= 0.6 is 0 Å². The van der Waals surface area contributed by atoms with Crippen molar-refractivity contribution in [3.8, 4) is 39.1 Å². The number of aromatic nitrogens is 1. The Morgan fingerprint density at radius 2 is 0.875 bits per heavy atom. The number of benzene rings is 10. The lowest BCUT2D eigenvalue weighted by Crippen LogP contribution is -2.32. The Bertz CT molecular complexity index is 3720. The molecular weight excluding hydrogens is 773 g/mol. The molecule has 0 N–H and O–H groups in total. The smallest absolute Gasteiger partial charge is 0.0726 e. The zero-order valence-electron chi connectivity index (χ0n) is 35.7. The average molecular weight is 815 g/mol. The van der Waals surface area contributed by atoms with Gasteiger partial charge in [-0.3, -0.25) is 0 Å². The second-order valence-electron chi connectivity index (χ2n) is 18.4. The lowest BCUT2D eigenvalue weighted by molar-refractivity contribution is 0.660. The van der Waals surface area contributed by atoms with Crippen LogP contribution in [-0.4, -0.2) is 4.57 Å². The number of rotatable bonds is 4. The Morgan fingerprint density at radius 3 is 1.66 bits per heavy atom. The first-order valence-corrected chi connectivity index (χ1v) is 22.5. The monoisotopic (exact) mass is 814 g/mol. The van der Waals surface area contributed by atoms with Crippen molar-refractivity contribution in [2.75, 3.05) is 4.90 Å². The molecule has 2 nitrogen and oxygen atoms in total. The van der Waals surface area contributed by atoms with Gasteiger partial charge in [0.05, 0.1) is 16.4 Å². The molecule has 0 atom stereocenters. The van der Waals surface area contributed by atoms with Gasteiger partial charge in [-0.05, 0) is 132 Å². The standard InChI is InChI=1S/C62H42N2/c1-61(2)52-25-10-6-22-46(52)51-36-41(32-35-53(51)61)63(43-31-34-49-48-23-9-13-29-58(48)64(59(49)38-43)40-18-4-3-5-19-40)42-30-33-47-50-24-14-16-39-17-15-28-56(60(39)50)62(57(47)37-42)54-26-11-7-20-44(54)45-21-8-12-27-55(45)62/h3-38H,1-2H3. The van der Waals surface area contributed by atoms with Gasteiger partial charge in [0, 0.05) is 38.9 Å². The lowest BCUT2D eigenvalue weighted by atomic mass is 9.61. The minimum Gasteiger partial charge on any atom is -0.310 e. The summed E-state index contributed by atoms with van der Waals surface area (Å²) in [4.78, 5) is 2.52. The average Bonchev–Trinajstić information content (AvgIpc) is 3.92. The van der Waals surface area contributed by atoms with Gasteiger partial charge in [0.1, 0.15) is 0 Å². The van der Waals surface area contributed by atoms with Crippen LogP contribution in [0.1, 0.15) is 47.2 Å². The van der Waals surface area contributed by atoms with Crippen molar-refractivity contribution in [1.29, 1.82) is 0 Å². The van der Waals surface area contributed by atoms with Crippen molar-refractivity contribution >= 4 is 49.6 Å². The van der Waals surface area contributed by atoms with Crippen LogP contribution in [0.4, 0.5) is 17.1 Å². The number of para-hydroxylation sites is 2. The Hall–Kier alpha value is -7.94. The van der Waals surface area contributed by atoms with E-state index in [0.29, 0.717) is 0 Å². The SMILES string of the molecule is CC1(C)c2ccccc2-c2cc(N(c3ccc4c(c3)C3(c5ccccc5-c5ccccc53)c3cccc5cccc-4c35)c3ccc4c5ccccc5n(-c5ccccc5)c4c3)ccc21. The molecule has 10 aromatic carbocycles. The molecule has 1 heterocycles. The molecule has 1 aromatic heterocycles. The van der Waals surface area contributed by atoms with Crippen LogP contribution in [0.2, 0.25) is 0 Å². The van der Waals surface area contributed by atoms with E-state index in [1.807, 2.05) is 0 Å². The number of hydrogen-bond acceptors (Lipinski definition) is 1. The molecule has 0 saturated heterocycles. The van der Waals surface area contributed by atoms with Gasteiger partial charge in [0.25, 0.3) is 0 Å². The molecule has 1 spiro atoms. The highest BCUT2D eigenvalue weighted by Gasteiger charge is 2.50. The predicted molar refractivity (Wildman–Crippen MR) is 267 cm³/mol. The summed E-state index contributed by atoms with van der Waals surface area (Å²) in [6.07, 6.45) is 0. The Labute approximate surface area is 372 Å². The Morgan fingerprint density at radius 1 is 0.344 bits per heavy atom. The maximum Gasteiger partial charge on any atom is 0.0726 e. The molecule has 0 fully saturated rings. The van der Waals surface area contributed by atoms with Crippen LogP contribution in [-0.2, 0) is 10.8 Å². The second-order valence-corrected chi connectivity index (χ2v) is 18.4. The van der Waals surface area contributed by atoms with E-state index in [1.54, 1.807) is 0 Å². The third-order valence-corrected chi connectivity index (χ3v) is 15.0. The van der Waals surface area contributed by atoms with E-state index < -0.39 is 5.41 Å². The normalized spacial score (nSPS) is 14.3. The molecule has 2 heteroatoms. The van der Waals surface area contributed by atoms with Crippen LogP contribution in [0.15, 0.2) is 218 Å². The van der Waals surface area contributed by atoms with Gasteiger partial charge in [-0.1, -0.05) is 178 Å². The zero-order valence-corrected chi connectivity index (χ0v) is 35.7. The fraction of sp³-hybridized carbons (Fsp3) is 0.0645. The summed E-state index contributed by atoms with van der Waals surface area (Å²) in [5, 5.41) is 5.10. The molecule has 0 bridgehead atoms. The van der Waals surface area contributed by atoms with Crippen molar-refractivity contribution in [1.82, 2.24) is 4.57 Å². The lowest BCUT2D eigenvalue weighted by Gasteiger charge is -2.41. The fourth-order valence-electron chi connectivity index (χ4n) is 12.3. The molecule has 14 rings (SSSR count).